The molecule has 0 aromatic carbocycles. The molecule has 0 spiro atoms. The molecule has 3 unspecified atom stereocenters. The van der Waals surface area contributed by atoms with E-state index in [1.54, 1.807) is 0 Å². The second kappa shape index (κ2) is 12.5. The first-order chi connectivity index (χ1) is 10.3. The minimum Gasteiger partial charge on any atom is -0.316 e. The fraction of sp³-hybridized carbons (Fsp3) is 1.00. The van der Waals surface area contributed by atoms with E-state index < -0.39 is 0 Å². The van der Waals surface area contributed by atoms with Crippen LogP contribution in [-0.4, -0.2) is 13.1 Å². The third kappa shape index (κ3) is 8.24. The minimum atomic E-state index is 0.968. The maximum Gasteiger partial charge on any atom is -0.00179 e. The summed E-state index contributed by atoms with van der Waals surface area (Å²) >= 11 is 0. The van der Waals surface area contributed by atoms with Gasteiger partial charge in [-0.1, -0.05) is 78.6 Å². The van der Waals surface area contributed by atoms with Crippen molar-refractivity contribution in [3.8, 4) is 0 Å². The minimum absolute atomic E-state index is 0.968. The molecule has 1 aliphatic carbocycles. The molecule has 21 heavy (non-hydrogen) atoms. The zero-order valence-corrected chi connectivity index (χ0v) is 15.1. The fourth-order valence-corrected chi connectivity index (χ4v) is 4.07. The lowest BCUT2D eigenvalue weighted by Gasteiger charge is -2.36. The molecule has 1 rings (SSSR count). The Kier molecular flexibility index (Phi) is 11.3. The first-order valence-electron chi connectivity index (χ1n) is 10.0. The smallest absolute Gasteiger partial charge is 0.00179 e. The van der Waals surface area contributed by atoms with Gasteiger partial charge in [-0.25, -0.2) is 0 Å². The van der Waals surface area contributed by atoms with Crippen LogP contribution < -0.4 is 5.32 Å². The molecule has 1 nitrogen and oxygen atoms in total. The van der Waals surface area contributed by atoms with Crippen molar-refractivity contribution in [2.24, 2.45) is 17.8 Å². The lowest BCUT2D eigenvalue weighted by molar-refractivity contribution is 0.160. The SMILES string of the molecule is CCCCCCCCC1CC(CC)CCC1CNCCC. The summed E-state index contributed by atoms with van der Waals surface area (Å²) < 4.78 is 0. The molecular weight excluding hydrogens is 254 g/mol. The van der Waals surface area contributed by atoms with Gasteiger partial charge < -0.3 is 5.32 Å². The highest BCUT2D eigenvalue weighted by Crippen LogP contribution is 2.38. The second-order valence-electron chi connectivity index (χ2n) is 7.37. The van der Waals surface area contributed by atoms with Gasteiger partial charge in [0.25, 0.3) is 0 Å². The zero-order chi connectivity index (χ0) is 15.3. The maximum atomic E-state index is 3.69. The Morgan fingerprint density at radius 1 is 0.810 bits per heavy atom. The quantitative estimate of drug-likeness (QED) is 0.424. The molecule has 0 heterocycles. The summed E-state index contributed by atoms with van der Waals surface area (Å²) in [5.74, 6) is 3.01. The van der Waals surface area contributed by atoms with Crippen molar-refractivity contribution in [1.82, 2.24) is 5.32 Å². The van der Waals surface area contributed by atoms with Crippen LogP contribution in [-0.2, 0) is 0 Å². The number of hydrogen-bond acceptors (Lipinski definition) is 1. The highest BCUT2D eigenvalue weighted by Gasteiger charge is 2.28. The van der Waals surface area contributed by atoms with Gasteiger partial charge in [0.1, 0.15) is 0 Å². The van der Waals surface area contributed by atoms with Gasteiger partial charge in [-0.2, -0.15) is 0 Å². The summed E-state index contributed by atoms with van der Waals surface area (Å²) in [6.45, 7) is 9.46. The van der Waals surface area contributed by atoms with E-state index in [1.165, 1.54) is 90.1 Å². The van der Waals surface area contributed by atoms with E-state index in [-0.39, 0.29) is 0 Å². The van der Waals surface area contributed by atoms with Crippen molar-refractivity contribution in [2.75, 3.05) is 13.1 Å². The van der Waals surface area contributed by atoms with Gasteiger partial charge >= 0.3 is 0 Å². The van der Waals surface area contributed by atoms with E-state index in [9.17, 15) is 0 Å². The summed E-state index contributed by atoms with van der Waals surface area (Å²) in [5.41, 5.74) is 0. The lowest BCUT2D eigenvalue weighted by atomic mass is 9.71. The Hall–Kier alpha value is -0.0400. The fourth-order valence-electron chi connectivity index (χ4n) is 4.07. The standard InChI is InChI=1S/C20H41N/c1-4-7-8-9-10-11-12-19-16-18(6-3)13-14-20(19)17-21-15-5-2/h18-21H,4-17H2,1-3H3. The number of unbranched alkanes of at least 4 members (excludes halogenated alkanes) is 5. The molecule has 1 saturated carbocycles. The third-order valence-corrected chi connectivity index (χ3v) is 5.59. The average Bonchev–Trinajstić information content (AvgIpc) is 2.52. The largest absolute Gasteiger partial charge is 0.316 e. The molecule has 0 aromatic heterocycles. The van der Waals surface area contributed by atoms with E-state index in [1.807, 2.05) is 0 Å². The summed E-state index contributed by atoms with van der Waals surface area (Å²) in [4.78, 5) is 0. The Balaban J connectivity index is 2.25. The van der Waals surface area contributed by atoms with Crippen LogP contribution in [0, 0.1) is 17.8 Å². The third-order valence-electron chi connectivity index (χ3n) is 5.59. The van der Waals surface area contributed by atoms with Crippen LogP contribution >= 0.6 is 0 Å². The van der Waals surface area contributed by atoms with Crippen LogP contribution in [0.15, 0.2) is 0 Å². The highest BCUT2D eigenvalue weighted by atomic mass is 14.9. The lowest BCUT2D eigenvalue weighted by Crippen LogP contribution is -2.33. The molecule has 3 atom stereocenters. The van der Waals surface area contributed by atoms with Gasteiger partial charge in [-0.05, 0) is 50.1 Å². The average molecular weight is 296 g/mol. The van der Waals surface area contributed by atoms with E-state index >= 15 is 0 Å². The number of hydrogen-bond donors (Lipinski definition) is 1. The highest BCUT2D eigenvalue weighted by molar-refractivity contribution is 4.81. The van der Waals surface area contributed by atoms with Crippen molar-refractivity contribution >= 4 is 0 Å². The molecule has 0 aromatic rings. The Labute approximate surface area is 134 Å². The van der Waals surface area contributed by atoms with E-state index in [2.05, 4.69) is 26.1 Å². The van der Waals surface area contributed by atoms with Crippen molar-refractivity contribution in [2.45, 2.75) is 97.8 Å². The second-order valence-corrected chi connectivity index (χ2v) is 7.37. The van der Waals surface area contributed by atoms with Gasteiger partial charge in [0.2, 0.25) is 0 Å². The molecule has 0 aliphatic heterocycles. The van der Waals surface area contributed by atoms with Crippen LogP contribution in [0.3, 0.4) is 0 Å². The van der Waals surface area contributed by atoms with Gasteiger partial charge in [0.05, 0.1) is 0 Å². The molecule has 0 saturated heterocycles. The topological polar surface area (TPSA) is 12.0 Å². The van der Waals surface area contributed by atoms with Crippen LogP contribution in [0.5, 0.6) is 0 Å². The summed E-state index contributed by atoms with van der Waals surface area (Å²) in [5, 5.41) is 3.69. The van der Waals surface area contributed by atoms with Crippen LogP contribution in [0.1, 0.15) is 97.8 Å². The molecule has 1 heteroatoms. The van der Waals surface area contributed by atoms with Gasteiger partial charge in [-0.3, -0.25) is 0 Å². The molecule has 0 radical (unpaired) electrons. The monoisotopic (exact) mass is 295 g/mol. The molecule has 1 aliphatic rings. The predicted octanol–water partition coefficient (Wildman–Crippen LogP) is 6.18. The Morgan fingerprint density at radius 3 is 2.29 bits per heavy atom. The molecule has 126 valence electrons. The van der Waals surface area contributed by atoms with E-state index in [0.29, 0.717) is 0 Å². The van der Waals surface area contributed by atoms with Crippen molar-refractivity contribution in [3.05, 3.63) is 0 Å². The molecule has 1 fully saturated rings. The number of rotatable bonds is 12. The van der Waals surface area contributed by atoms with Gasteiger partial charge in [-0.15, -0.1) is 0 Å². The summed E-state index contributed by atoms with van der Waals surface area (Å²) in [6, 6.07) is 0. The molecular formula is C20H41N. The van der Waals surface area contributed by atoms with Crippen LogP contribution in [0.25, 0.3) is 0 Å². The number of nitrogens with one attached hydrogen (secondary N) is 1. The van der Waals surface area contributed by atoms with Gasteiger partial charge in [0.15, 0.2) is 0 Å². The first-order valence-corrected chi connectivity index (χ1v) is 10.0. The predicted molar refractivity (Wildman–Crippen MR) is 95.8 cm³/mol. The Bertz CT molecular complexity index is 224. The van der Waals surface area contributed by atoms with Gasteiger partial charge in [0, 0.05) is 0 Å². The Morgan fingerprint density at radius 2 is 1.57 bits per heavy atom. The molecule has 1 N–H and O–H groups in total. The zero-order valence-electron chi connectivity index (χ0n) is 15.1. The van der Waals surface area contributed by atoms with Crippen LogP contribution in [0.4, 0.5) is 0 Å². The first kappa shape index (κ1) is 19.0. The van der Waals surface area contributed by atoms with Crippen molar-refractivity contribution < 1.29 is 0 Å². The van der Waals surface area contributed by atoms with Crippen molar-refractivity contribution in [1.29, 1.82) is 0 Å². The summed E-state index contributed by atoms with van der Waals surface area (Å²) in [6.07, 6.45) is 17.3. The van der Waals surface area contributed by atoms with E-state index in [0.717, 1.165) is 17.8 Å². The molecule has 0 bridgehead atoms. The molecule has 0 amide bonds. The summed E-state index contributed by atoms with van der Waals surface area (Å²) in [7, 11) is 0. The van der Waals surface area contributed by atoms with Crippen LogP contribution in [0.2, 0.25) is 0 Å². The maximum absolute atomic E-state index is 3.69. The van der Waals surface area contributed by atoms with E-state index in [4.69, 9.17) is 0 Å². The van der Waals surface area contributed by atoms with Crippen molar-refractivity contribution in [3.63, 3.8) is 0 Å². The normalized spacial score (nSPS) is 26.1.